The van der Waals surface area contributed by atoms with Crippen LogP contribution in [0.15, 0.2) is 46.9 Å². The molecule has 0 amide bonds. The van der Waals surface area contributed by atoms with Gasteiger partial charge in [0.1, 0.15) is 17.3 Å². The summed E-state index contributed by atoms with van der Waals surface area (Å²) in [6, 6.07) is 11.1. The predicted molar refractivity (Wildman–Crippen MR) is 71.2 cm³/mol. The predicted octanol–water partition coefficient (Wildman–Crippen LogP) is 4.43. The van der Waals surface area contributed by atoms with Crippen molar-refractivity contribution in [2.75, 3.05) is 0 Å². The molecule has 0 radical (unpaired) electrons. The van der Waals surface area contributed by atoms with E-state index < -0.39 is 6.10 Å². The van der Waals surface area contributed by atoms with E-state index in [9.17, 15) is 9.50 Å². The summed E-state index contributed by atoms with van der Waals surface area (Å²) in [5.74, 6) is 0.874. The van der Waals surface area contributed by atoms with E-state index >= 15 is 0 Å². The molecular formula is C14H12BrFO2. The summed E-state index contributed by atoms with van der Waals surface area (Å²) in [5, 5.41) is 9.46. The van der Waals surface area contributed by atoms with Crippen molar-refractivity contribution >= 4 is 15.9 Å². The third-order valence-corrected chi connectivity index (χ3v) is 3.10. The van der Waals surface area contributed by atoms with Crippen LogP contribution in [0.4, 0.5) is 4.39 Å². The summed E-state index contributed by atoms with van der Waals surface area (Å²) in [7, 11) is 0. The van der Waals surface area contributed by atoms with Crippen LogP contribution in [0.1, 0.15) is 18.6 Å². The van der Waals surface area contributed by atoms with Gasteiger partial charge in [-0.05, 0) is 64.8 Å². The number of halogens is 2. The zero-order chi connectivity index (χ0) is 13.1. The first-order valence-corrected chi connectivity index (χ1v) is 6.26. The Labute approximate surface area is 113 Å². The van der Waals surface area contributed by atoms with Gasteiger partial charge in [-0.15, -0.1) is 0 Å². The van der Waals surface area contributed by atoms with Gasteiger partial charge in [0.05, 0.1) is 10.6 Å². The first-order chi connectivity index (χ1) is 8.56. The normalized spacial score (nSPS) is 12.2. The van der Waals surface area contributed by atoms with Crippen molar-refractivity contribution in [2.24, 2.45) is 0 Å². The topological polar surface area (TPSA) is 29.5 Å². The van der Waals surface area contributed by atoms with Gasteiger partial charge in [-0.1, -0.05) is 6.07 Å². The summed E-state index contributed by atoms with van der Waals surface area (Å²) in [4.78, 5) is 0. The summed E-state index contributed by atoms with van der Waals surface area (Å²) >= 11 is 3.38. The number of benzene rings is 2. The maximum absolute atomic E-state index is 12.8. The van der Waals surface area contributed by atoms with Crippen LogP contribution in [0, 0.1) is 5.82 Å². The molecule has 0 aliphatic heterocycles. The summed E-state index contributed by atoms with van der Waals surface area (Å²) in [5.41, 5.74) is 0.799. The van der Waals surface area contributed by atoms with Crippen LogP contribution in [0.25, 0.3) is 0 Å². The zero-order valence-corrected chi connectivity index (χ0v) is 11.3. The highest BCUT2D eigenvalue weighted by atomic mass is 79.9. The number of rotatable bonds is 3. The maximum Gasteiger partial charge on any atom is 0.141 e. The van der Waals surface area contributed by atoms with E-state index in [1.807, 2.05) is 0 Å². The molecule has 0 bridgehead atoms. The fraction of sp³-hybridized carbons (Fsp3) is 0.143. The fourth-order valence-electron chi connectivity index (χ4n) is 1.49. The Morgan fingerprint density at radius 2 is 1.83 bits per heavy atom. The van der Waals surface area contributed by atoms with Crippen LogP contribution < -0.4 is 4.74 Å². The molecule has 0 spiro atoms. The molecule has 4 heteroatoms. The molecular weight excluding hydrogens is 299 g/mol. The number of aliphatic hydroxyl groups excluding tert-OH is 1. The fourth-order valence-corrected chi connectivity index (χ4v) is 1.97. The third kappa shape index (κ3) is 3.09. The Morgan fingerprint density at radius 3 is 2.39 bits per heavy atom. The summed E-state index contributed by atoms with van der Waals surface area (Å²) in [6.45, 7) is 1.70. The molecule has 0 saturated carbocycles. The minimum Gasteiger partial charge on any atom is -0.456 e. The van der Waals surface area contributed by atoms with Gasteiger partial charge in [-0.3, -0.25) is 0 Å². The Bertz CT molecular complexity index is 538. The Balaban J connectivity index is 2.22. The minimum atomic E-state index is -0.527. The van der Waals surface area contributed by atoms with Crippen molar-refractivity contribution in [3.63, 3.8) is 0 Å². The van der Waals surface area contributed by atoms with E-state index in [1.54, 1.807) is 37.3 Å². The average molecular weight is 311 g/mol. The Morgan fingerprint density at radius 1 is 1.17 bits per heavy atom. The molecule has 0 saturated heterocycles. The molecule has 2 rings (SSSR count). The lowest BCUT2D eigenvalue weighted by Gasteiger charge is -2.10. The highest BCUT2D eigenvalue weighted by molar-refractivity contribution is 9.10. The Hall–Kier alpha value is -1.39. The first-order valence-electron chi connectivity index (χ1n) is 5.47. The van der Waals surface area contributed by atoms with Gasteiger partial charge in [0.25, 0.3) is 0 Å². The standard InChI is InChI=1S/C14H12BrFO2/c1-9(17)10-2-7-14(13(15)8-10)18-12-5-3-11(16)4-6-12/h2-9,17H,1H3/t9-/m0/s1. The van der Waals surface area contributed by atoms with Gasteiger partial charge >= 0.3 is 0 Å². The van der Waals surface area contributed by atoms with E-state index in [-0.39, 0.29) is 5.82 Å². The molecule has 0 heterocycles. The number of hydrogen-bond acceptors (Lipinski definition) is 2. The summed E-state index contributed by atoms with van der Waals surface area (Å²) < 4.78 is 19.1. The van der Waals surface area contributed by atoms with Crippen LogP contribution in [0.5, 0.6) is 11.5 Å². The third-order valence-electron chi connectivity index (χ3n) is 2.48. The number of aliphatic hydroxyl groups is 1. The SMILES string of the molecule is C[C@H](O)c1ccc(Oc2ccc(F)cc2)c(Br)c1. The van der Waals surface area contributed by atoms with Crippen molar-refractivity contribution in [3.05, 3.63) is 58.3 Å². The van der Waals surface area contributed by atoms with E-state index in [0.29, 0.717) is 11.5 Å². The smallest absolute Gasteiger partial charge is 0.141 e. The minimum absolute atomic E-state index is 0.300. The average Bonchev–Trinajstić information content (AvgIpc) is 2.34. The molecule has 2 nitrogen and oxygen atoms in total. The lowest BCUT2D eigenvalue weighted by Crippen LogP contribution is -1.92. The summed E-state index contributed by atoms with van der Waals surface area (Å²) in [6.07, 6.45) is -0.527. The molecule has 0 unspecified atom stereocenters. The van der Waals surface area contributed by atoms with E-state index in [1.165, 1.54) is 12.1 Å². The molecule has 18 heavy (non-hydrogen) atoms. The molecule has 0 aromatic heterocycles. The maximum atomic E-state index is 12.8. The molecule has 2 aromatic carbocycles. The largest absolute Gasteiger partial charge is 0.456 e. The van der Waals surface area contributed by atoms with Gasteiger partial charge in [-0.25, -0.2) is 4.39 Å². The van der Waals surface area contributed by atoms with Crippen LogP contribution in [-0.4, -0.2) is 5.11 Å². The molecule has 0 aliphatic carbocycles. The van der Waals surface area contributed by atoms with Crippen molar-refractivity contribution in [3.8, 4) is 11.5 Å². The second-order valence-corrected chi connectivity index (χ2v) is 4.78. The van der Waals surface area contributed by atoms with E-state index in [4.69, 9.17) is 4.74 Å². The quantitative estimate of drug-likeness (QED) is 0.908. The van der Waals surface area contributed by atoms with E-state index in [2.05, 4.69) is 15.9 Å². The first kappa shape index (κ1) is 13.1. The van der Waals surface area contributed by atoms with Crippen LogP contribution in [0.3, 0.4) is 0 Å². The zero-order valence-electron chi connectivity index (χ0n) is 9.73. The highest BCUT2D eigenvalue weighted by Crippen LogP contribution is 2.31. The second kappa shape index (κ2) is 5.50. The van der Waals surface area contributed by atoms with Crippen molar-refractivity contribution in [1.29, 1.82) is 0 Å². The molecule has 2 aromatic rings. The number of hydrogen-bond donors (Lipinski definition) is 1. The van der Waals surface area contributed by atoms with Gasteiger partial charge in [0, 0.05) is 0 Å². The number of ether oxygens (including phenoxy) is 1. The van der Waals surface area contributed by atoms with Gasteiger partial charge in [0.2, 0.25) is 0 Å². The monoisotopic (exact) mass is 310 g/mol. The lowest BCUT2D eigenvalue weighted by molar-refractivity contribution is 0.199. The molecule has 1 N–H and O–H groups in total. The van der Waals surface area contributed by atoms with Crippen LogP contribution in [-0.2, 0) is 0 Å². The van der Waals surface area contributed by atoms with Crippen LogP contribution in [0.2, 0.25) is 0 Å². The second-order valence-electron chi connectivity index (χ2n) is 3.92. The highest BCUT2D eigenvalue weighted by Gasteiger charge is 2.07. The Kier molecular flexibility index (Phi) is 3.99. The van der Waals surface area contributed by atoms with Gasteiger partial charge < -0.3 is 9.84 Å². The molecule has 94 valence electrons. The van der Waals surface area contributed by atoms with Crippen molar-refractivity contribution < 1.29 is 14.2 Å². The molecule has 1 atom stereocenters. The van der Waals surface area contributed by atoms with Crippen LogP contribution >= 0.6 is 15.9 Å². The van der Waals surface area contributed by atoms with Gasteiger partial charge in [0.15, 0.2) is 0 Å². The molecule has 0 fully saturated rings. The van der Waals surface area contributed by atoms with Gasteiger partial charge in [-0.2, -0.15) is 0 Å². The lowest BCUT2D eigenvalue weighted by atomic mass is 10.1. The molecule has 0 aliphatic rings. The van der Waals surface area contributed by atoms with E-state index in [0.717, 1.165) is 10.0 Å². The van der Waals surface area contributed by atoms with Crippen molar-refractivity contribution in [1.82, 2.24) is 0 Å². The van der Waals surface area contributed by atoms with Crippen molar-refractivity contribution in [2.45, 2.75) is 13.0 Å².